The van der Waals surface area contributed by atoms with Crippen molar-refractivity contribution in [3.63, 3.8) is 0 Å². The first-order valence-corrected chi connectivity index (χ1v) is 8.26. The number of pyridine rings is 1. The highest BCUT2D eigenvalue weighted by Crippen LogP contribution is 2.34. The molecule has 2 N–H and O–H groups in total. The molecule has 5 heteroatoms. The van der Waals surface area contributed by atoms with E-state index in [0.29, 0.717) is 23.2 Å². The Bertz CT molecular complexity index is 799. The molecule has 1 aromatic carbocycles. The molecule has 1 unspecified atom stereocenters. The highest BCUT2D eigenvalue weighted by Gasteiger charge is 2.38. The summed E-state index contributed by atoms with van der Waals surface area (Å²) in [5.41, 5.74) is 0.932. The van der Waals surface area contributed by atoms with Gasteiger partial charge in [-0.2, -0.15) is 0 Å². The van der Waals surface area contributed by atoms with Crippen LogP contribution in [0.4, 0.5) is 0 Å². The summed E-state index contributed by atoms with van der Waals surface area (Å²) < 4.78 is 0. The molecule has 120 valence electrons. The van der Waals surface area contributed by atoms with E-state index in [4.69, 9.17) is 0 Å². The molecule has 0 saturated carbocycles. The lowest BCUT2D eigenvalue weighted by Crippen LogP contribution is -2.48. The summed E-state index contributed by atoms with van der Waals surface area (Å²) in [6, 6.07) is 10.2. The largest absolute Gasteiger partial charge is 0.349 e. The van der Waals surface area contributed by atoms with Gasteiger partial charge in [0.25, 0.3) is 5.91 Å². The Kier molecular flexibility index (Phi) is 3.45. The lowest BCUT2D eigenvalue weighted by Gasteiger charge is -2.36. The van der Waals surface area contributed by atoms with E-state index < -0.39 is 0 Å². The number of nitrogens with one attached hydrogen (secondary N) is 2. The Balaban J connectivity index is 1.59. The van der Waals surface area contributed by atoms with Gasteiger partial charge >= 0.3 is 0 Å². The van der Waals surface area contributed by atoms with Crippen molar-refractivity contribution in [1.29, 1.82) is 0 Å². The third-order valence-corrected chi connectivity index (χ3v) is 5.43. The number of fused-ring (bicyclic) bond motifs is 3. The molecular weight excluding hydrogens is 290 g/mol. The number of hydrogen-bond acceptors (Lipinski definition) is 3. The molecule has 1 amide bonds. The van der Waals surface area contributed by atoms with E-state index >= 15 is 0 Å². The van der Waals surface area contributed by atoms with Gasteiger partial charge in [-0.05, 0) is 38.8 Å². The summed E-state index contributed by atoms with van der Waals surface area (Å²) in [6.45, 7) is 0. The van der Waals surface area contributed by atoms with E-state index in [9.17, 15) is 9.59 Å². The van der Waals surface area contributed by atoms with Crippen LogP contribution in [0.15, 0.2) is 35.1 Å². The third kappa shape index (κ3) is 2.55. The van der Waals surface area contributed by atoms with Gasteiger partial charge in [-0.15, -0.1) is 0 Å². The second-order valence-corrected chi connectivity index (χ2v) is 6.79. The molecule has 4 rings (SSSR count). The number of benzene rings is 1. The zero-order valence-electron chi connectivity index (χ0n) is 13.2. The Morgan fingerprint density at radius 3 is 2.65 bits per heavy atom. The van der Waals surface area contributed by atoms with Gasteiger partial charge in [-0.25, -0.2) is 0 Å². The molecule has 5 nitrogen and oxygen atoms in total. The summed E-state index contributed by atoms with van der Waals surface area (Å²) in [5, 5.41) is 3.95. The van der Waals surface area contributed by atoms with Crippen molar-refractivity contribution in [2.24, 2.45) is 0 Å². The van der Waals surface area contributed by atoms with Gasteiger partial charge in [-0.3, -0.25) is 9.59 Å². The predicted octanol–water partition coefficient (Wildman–Crippen LogP) is 1.88. The van der Waals surface area contributed by atoms with Crippen LogP contribution in [0.5, 0.6) is 0 Å². The Labute approximate surface area is 134 Å². The zero-order valence-corrected chi connectivity index (χ0v) is 13.2. The fraction of sp³-hybridized carbons (Fsp3) is 0.444. The number of aromatic amines is 1. The third-order valence-electron chi connectivity index (χ3n) is 5.43. The molecule has 2 aliphatic rings. The summed E-state index contributed by atoms with van der Waals surface area (Å²) in [6.07, 6.45) is 4.45. The maximum absolute atomic E-state index is 12.7. The van der Waals surface area contributed by atoms with Gasteiger partial charge in [0.15, 0.2) is 0 Å². The van der Waals surface area contributed by atoms with Crippen molar-refractivity contribution in [1.82, 2.24) is 15.2 Å². The van der Waals surface area contributed by atoms with Gasteiger partial charge in [0, 0.05) is 35.1 Å². The van der Waals surface area contributed by atoms with Gasteiger partial charge in [-0.1, -0.05) is 18.2 Å². The first-order valence-electron chi connectivity index (χ1n) is 8.26. The van der Waals surface area contributed by atoms with Crippen molar-refractivity contribution in [2.45, 2.75) is 43.8 Å². The number of nitrogens with zero attached hydrogens (tertiary/aromatic N) is 1. The number of carbonyl (C=O) groups excluding carboxylic acids is 1. The van der Waals surface area contributed by atoms with Crippen LogP contribution in [0.1, 0.15) is 36.0 Å². The first-order chi connectivity index (χ1) is 11.1. The second-order valence-electron chi connectivity index (χ2n) is 6.79. The molecule has 3 heterocycles. The van der Waals surface area contributed by atoms with Crippen LogP contribution in [0.3, 0.4) is 0 Å². The Morgan fingerprint density at radius 1 is 1.22 bits per heavy atom. The van der Waals surface area contributed by atoms with Crippen LogP contribution < -0.4 is 10.9 Å². The highest BCUT2D eigenvalue weighted by molar-refractivity contribution is 6.06. The number of aromatic nitrogens is 1. The van der Waals surface area contributed by atoms with Crippen LogP contribution in [0.2, 0.25) is 0 Å². The highest BCUT2D eigenvalue weighted by atomic mass is 16.2. The van der Waals surface area contributed by atoms with Gasteiger partial charge in [0.2, 0.25) is 5.56 Å². The quantitative estimate of drug-likeness (QED) is 0.890. The number of piperidine rings is 1. The number of hydrogen-bond donors (Lipinski definition) is 2. The van der Waals surface area contributed by atoms with E-state index in [-0.39, 0.29) is 17.5 Å². The minimum Gasteiger partial charge on any atom is -0.349 e. The average Bonchev–Trinajstić information content (AvgIpc) is 2.75. The Hall–Kier alpha value is -2.14. The number of rotatable bonds is 2. The lowest BCUT2D eigenvalue weighted by atomic mass is 9.97. The molecule has 2 bridgehead atoms. The van der Waals surface area contributed by atoms with E-state index in [1.807, 2.05) is 24.3 Å². The molecule has 2 fully saturated rings. The van der Waals surface area contributed by atoms with Gasteiger partial charge < -0.3 is 15.2 Å². The molecule has 0 radical (unpaired) electrons. The fourth-order valence-corrected chi connectivity index (χ4v) is 4.18. The van der Waals surface area contributed by atoms with Crippen LogP contribution in [0, 0.1) is 0 Å². The topological polar surface area (TPSA) is 65.2 Å². The van der Waals surface area contributed by atoms with E-state index in [0.717, 1.165) is 18.2 Å². The van der Waals surface area contributed by atoms with Crippen LogP contribution >= 0.6 is 0 Å². The standard InChI is InChI=1S/C18H21N3O2/c1-21-12-6-7-13(21)9-11(8-12)19-18(23)15-10-17(22)20-16-5-3-2-4-14(15)16/h2-5,10-13H,6-9H2,1H3,(H,19,23)(H,20,22)/t11?,12-,13+. The van der Waals surface area contributed by atoms with Crippen molar-refractivity contribution >= 4 is 16.8 Å². The smallest absolute Gasteiger partial charge is 0.252 e. The van der Waals surface area contributed by atoms with E-state index in [1.54, 1.807) is 0 Å². The monoisotopic (exact) mass is 311 g/mol. The number of H-pyrrole nitrogens is 1. The zero-order chi connectivity index (χ0) is 16.0. The minimum absolute atomic E-state index is 0.138. The predicted molar refractivity (Wildman–Crippen MR) is 89.6 cm³/mol. The van der Waals surface area contributed by atoms with E-state index in [2.05, 4.69) is 22.2 Å². The van der Waals surface area contributed by atoms with Crippen molar-refractivity contribution in [3.05, 3.63) is 46.2 Å². The first kappa shape index (κ1) is 14.5. The molecule has 0 aliphatic carbocycles. The number of carbonyl (C=O) groups is 1. The molecule has 2 aliphatic heterocycles. The maximum atomic E-state index is 12.7. The molecular formula is C18H21N3O2. The SMILES string of the molecule is CN1[C@@H]2CC[C@H]1CC(NC(=O)c1cc(=O)[nH]c3ccccc13)C2. The molecule has 3 atom stereocenters. The van der Waals surface area contributed by atoms with E-state index in [1.165, 1.54) is 18.9 Å². The summed E-state index contributed by atoms with van der Waals surface area (Å²) in [7, 11) is 2.19. The molecule has 23 heavy (non-hydrogen) atoms. The number of para-hydroxylation sites is 1. The van der Waals surface area contributed by atoms with Crippen molar-refractivity contribution in [2.75, 3.05) is 7.05 Å². The maximum Gasteiger partial charge on any atom is 0.252 e. The number of amides is 1. The summed E-state index contributed by atoms with van der Waals surface area (Å²) in [4.78, 5) is 29.8. The van der Waals surface area contributed by atoms with Crippen LogP contribution in [0.25, 0.3) is 10.9 Å². The minimum atomic E-state index is -0.239. The van der Waals surface area contributed by atoms with Gasteiger partial charge in [0.1, 0.15) is 0 Å². The summed E-state index contributed by atoms with van der Waals surface area (Å²) in [5.74, 6) is -0.138. The fourth-order valence-electron chi connectivity index (χ4n) is 4.18. The molecule has 1 aromatic heterocycles. The average molecular weight is 311 g/mol. The van der Waals surface area contributed by atoms with Crippen LogP contribution in [-0.4, -0.2) is 41.0 Å². The van der Waals surface area contributed by atoms with Crippen LogP contribution in [-0.2, 0) is 0 Å². The molecule has 0 spiro atoms. The van der Waals surface area contributed by atoms with Crippen molar-refractivity contribution < 1.29 is 4.79 Å². The summed E-state index contributed by atoms with van der Waals surface area (Å²) >= 11 is 0. The Morgan fingerprint density at radius 2 is 1.91 bits per heavy atom. The van der Waals surface area contributed by atoms with Gasteiger partial charge in [0.05, 0.1) is 5.56 Å². The van der Waals surface area contributed by atoms with Crippen molar-refractivity contribution in [3.8, 4) is 0 Å². The normalized spacial score (nSPS) is 27.3. The lowest BCUT2D eigenvalue weighted by molar-refractivity contribution is 0.0884. The molecule has 2 saturated heterocycles. The molecule has 2 aromatic rings. The second kappa shape index (κ2) is 5.49.